The highest BCUT2D eigenvalue weighted by Gasteiger charge is 2.21. The van der Waals surface area contributed by atoms with E-state index in [-0.39, 0.29) is 5.69 Å². The Labute approximate surface area is 169 Å². The fourth-order valence-corrected chi connectivity index (χ4v) is 4.68. The van der Waals surface area contributed by atoms with Crippen LogP contribution in [0.15, 0.2) is 28.0 Å². The first-order valence-electron chi connectivity index (χ1n) is 9.95. The Kier molecular flexibility index (Phi) is 7.24. The van der Waals surface area contributed by atoms with Crippen LogP contribution in [0.1, 0.15) is 43.5 Å². The molecule has 1 aliphatic carbocycles. The average Bonchev–Trinajstić information content (AvgIpc) is 2.71. The van der Waals surface area contributed by atoms with Crippen molar-refractivity contribution in [1.29, 1.82) is 0 Å². The molecule has 0 aliphatic heterocycles. The van der Waals surface area contributed by atoms with E-state index in [9.17, 15) is 13.6 Å². The highest BCUT2D eigenvalue weighted by Crippen LogP contribution is 2.30. The minimum Gasteiger partial charge on any atom is -0.302 e. The monoisotopic (exact) mass is 407 g/mol. The van der Waals surface area contributed by atoms with Crippen LogP contribution in [-0.4, -0.2) is 34.1 Å². The molecule has 0 fully saturated rings. The molecular formula is C21H27F2N3OS. The van der Waals surface area contributed by atoms with E-state index < -0.39 is 11.6 Å². The van der Waals surface area contributed by atoms with Crippen molar-refractivity contribution < 1.29 is 8.78 Å². The van der Waals surface area contributed by atoms with Gasteiger partial charge in [0.1, 0.15) is 5.03 Å². The third-order valence-electron chi connectivity index (χ3n) is 5.34. The molecule has 3 rings (SSSR count). The third-order valence-corrected chi connectivity index (χ3v) is 6.43. The predicted molar refractivity (Wildman–Crippen MR) is 109 cm³/mol. The molecule has 28 heavy (non-hydrogen) atoms. The van der Waals surface area contributed by atoms with Crippen LogP contribution in [-0.2, 0) is 25.1 Å². The van der Waals surface area contributed by atoms with Crippen molar-refractivity contribution in [3.05, 3.63) is 57.1 Å². The largest absolute Gasteiger partial charge is 0.348 e. The Morgan fingerprint density at radius 2 is 1.89 bits per heavy atom. The summed E-state index contributed by atoms with van der Waals surface area (Å²) in [6.07, 6.45) is 3.97. The number of nitrogens with zero attached hydrogens (tertiary/aromatic N) is 3. The number of benzene rings is 1. The van der Waals surface area contributed by atoms with Crippen LogP contribution in [0.5, 0.6) is 0 Å². The van der Waals surface area contributed by atoms with Crippen molar-refractivity contribution in [2.75, 3.05) is 19.6 Å². The van der Waals surface area contributed by atoms with Gasteiger partial charge in [-0.05, 0) is 56.5 Å². The van der Waals surface area contributed by atoms with Crippen molar-refractivity contribution in [3.63, 3.8) is 0 Å². The Hall–Kier alpha value is -1.73. The van der Waals surface area contributed by atoms with E-state index in [1.807, 2.05) is 4.57 Å². The fourth-order valence-electron chi connectivity index (χ4n) is 3.66. The smallest absolute Gasteiger partial charge is 0.302 e. The molecule has 0 amide bonds. The van der Waals surface area contributed by atoms with Crippen LogP contribution in [0, 0.1) is 11.6 Å². The average molecular weight is 408 g/mol. The predicted octanol–water partition coefficient (Wildman–Crippen LogP) is 4.03. The van der Waals surface area contributed by atoms with E-state index in [0.717, 1.165) is 67.7 Å². The second kappa shape index (κ2) is 9.65. The molecule has 0 radical (unpaired) electrons. The van der Waals surface area contributed by atoms with Crippen LogP contribution >= 0.6 is 11.8 Å². The zero-order valence-corrected chi connectivity index (χ0v) is 17.3. The molecule has 0 N–H and O–H groups in total. The maximum atomic E-state index is 13.4. The van der Waals surface area contributed by atoms with Crippen molar-refractivity contribution >= 4 is 11.8 Å². The minimum atomic E-state index is -0.847. The van der Waals surface area contributed by atoms with Gasteiger partial charge in [-0.15, -0.1) is 11.8 Å². The molecule has 1 heterocycles. The van der Waals surface area contributed by atoms with Crippen LogP contribution < -0.4 is 5.69 Å². The quantitative estimate of drug-likeness (QED) is 0.489. The van der Waals surface area contributed by atoms with Crippen molar-refractivity contribution in [2.24, 2.45) is 0 Å². The second-order valence-corrected chi connectivity index (χ2v) is 8.01. The van der Waals surface area contributed by atoms with Gasteiger partial charge in [0.05, 0.1) is 0 Å². The van der Waals surface area contributed by atoms with Gasteiger partial charge in [0.15, 0.2) is 11.6 Å². The lowest BCUT2D eigenvalue weighted by Gasteiger charge is -2.25. The van der Waals surface area contributed by atoms with E-state index in [1.54, 1.807) is 6.07 Å². The molecule has 2 aromatic rings. The third kappa shape index (κ3) is 4.81. The lowest BCUT2D eigenvalue weighted by molar-refractivity contribution is 0.285. The van der Waals surface area contributed by atoms with E-state index >= 15 is 0 Å². The number of halogens is 2. The first kappa shape index (κ1) is 21.0. The summed E-state index contributed by atoms with van der Waals surface area (Å²) in [5.74, 6) is -1.24. The Balaban J connectivity index is 1.83. The standard InChI is InChI=1S/C21H27F2N3OS/c1-3-25(4-2)11-12-26-19-8-6-5-7-16(19)20(24-21(26)27)28-14-15-9-10-17(22)18(23)13-15/h9-10,13H,3-8,11-12,14H2,1-2H3. The lowest BCUT2D eigenvalue weighted by Crippen LogP contribution is -2.35. The van der Waals surface area contributed by atoms with Gasteiger partial charge in [-0.25, -0.2) is 13.6 Å². The summed E-state index contributed by atoms with van der Waals surface area (Å²) in [5, 5.41) is 0.739. The Morgan fingerprint density at radius 1 is 1.14 bits per heavy atom. The van der Waals surface area contributed by atoms with Crippen molar-refractivity contribution in [3.8, 4) is 0 Å². The summed E-state index contributed by atoms with van der Waals surface area (Å²) in [6, 6.07) is 3.92. The van der Waals surface area contributed by atoms with E-state index in [0.29, 0.717) is 17.9 Å². The molecule has 4 nitrogen and oxygen atoms in total. The van der Waals surface area contributed by atoms with Crippen molar-refractivity contribution in [2.45, 2.75) is 56.9 Å². The first-order valence-corrected chi connectivity index (χ1v) is 10.9. The summed E-state index contributed by atoms with van der Waals surface area (Å²) >= 11 is 1.44. The number of aromatic nitrogens is 2. The summed E-state index contributed by atoms with van der Waals surface area (Å²) < 4.78 is 28.4. The second-order valence-electron chi connectivity index (χ2n) is 7.05. The summed E-state index contributed by atoms with van der Waals surface area (Å²) in [4.78, 5) is 19.4. The molecular weight excluding hydrogens is 380 g/mol. The number of hydrogen-bond donors (Lipinski definition) is 0. The van der Waals surface area contributed by atoms with Crippen LogP contribution in [0.2, 0.25) is 0 Å². The number of hydrogen-bond acceptors (Lipinski definition) is 4. The SMILES string of the molecule is CCN(CC)CCn1c2c(c(SCc3ccc(F)c(F)c3)nc1=O)CCCC2. The van der Waals surface area contributed by atoms with Gasteiger partial charge in [0.25, 0.3) is 0 Å². The normalized spacial score (nSPS) is 13.8. The number of rotatable bonds is 8. The van der Waals surface area contributed by atoms with Gasteiger partial charge in [-0.2, -0.15) is 4.98 Å². The summed E-state index contributed by atoms with van der Waals surface area (Å²) in [7, 11) is 0. The highest BCUT2D eigenvalue weighted by atomic mass is 32.2. The first-order chi connectivity index (χ1) is 13.5. The molecule has 0 saturated carbocycles. The molecule has 152 valence electrons. The van der Waals surface area contributed by atoms with Crippen LogP contribution in [0.25, 0.3) is 0 Å². The minimum absolute atomic E-state index is 0.208. The molecule has 1 aromatic carbocycles. The number of thioether (sulfide) groups is 1. The molecule has 0 unspecified atom stereocenters. The Bertz CT molecular complexity index is 881. The molecule has 7 heteroatoms. The number of fused-ring (bicyclic) bond motifs is 1. The fraction of sp³-hybridized carbons (Fsp3) is 0.524. The van der Waals surface area contributed by atoms with E-state index in [4.69, 9.17) is 0 Å². The molecule has 1 aliphatic rings. The summed E-state index contributed by atoms with van der Waals surface area (Å²) in [5.41, 5.74) is 2.73. The molecule has 1 aromatic heterocycles. The van der Waals surface area contributed by atoms with Crippen LogP contribution in [0.3, 0.4) is 0 Å². The van der Waals surface area contributed by atoms with Gasteiger partial charge >= 0.3 is 5.69 Å². The van der Waals surface area contributed by atoms with Gasteiger partial charge in [-0.3, -0.25) is 4.57 Å². The maximum absolute atomic E-state index is 13.4. The zero-order valence-electron chi connectivity index (χ0n) is 16.5. The maximum Gasteiger partial charge on any atom is 0.348 e. The molecule has 0 atom stereocenters. The van der Waals surface area contributed by atoms with E-state index in [2.05, 4.69) is 23.7 Å². The van der Waals surface area contributed by atoms with E-state index in [1.165, 1.54) is 17.8 Å². The molecule has 0 spiro atoms. The summed E-state index contributed by atoms with van der Waals surface area (Å²) in [6.45, 7) is 7.66. The molecule has 0 bridgehead atoms. The molecule has 0 saturated heterocycles. The van der Waals surface area contributed by atoms with Gasteiger partial charge < -0.3 is 4.90 Å². The van der Waals surface area contributed by atoms with Gasteiger partial charge in [0, 0.05) is 30.1 Å². The zero-order chi connectivity index (χ0) is 20.1. The lowest BCUT2D eigenvalue weighted by atomic mass is 9.97. The van der Waals surface area contributed by atoms with Gasteiger partial charge in [-0.1, -0.05) is 19.9 Å². The van der Waals surface area contributed by atoms with Crippen LogP contribution in [0.4, 0.5) is 8.78 Å². The highest BCUT2D eigenvalue weighted by molar-refractivity contribution is 7.98. The van der Waals surface area contributed by atoms with Crippen molar-refractivity contribution in [1.82, 2.24) is 14.5 Å². The number of likely N-dealkylation sites (N-methyl/N-ethyl adjacent to an activating group) is 1. The Morgan fingerprint density at radius 3 is 2.61 bits per heavy atom. The topological polar surface area (TPSA) is 38.1 Å². The van der Waals surface area contributed by atoms with Gasteiger partial charge in [0.2, 0.25) is 0 Å².